The number of ether oxygens (including phenoxy) is 4. The maximum atomic E-state index is 5.71. The number of halogens is 1. The highest BCUT2D eigenvalue weighted by Crippen LogP contribution is 2.41. The predicted molar refractivity (Wildman–Crippen MR) is 134 cm³/mol. The van der Waals surface area contributed by atoms with Crippen LogP contribution in [-0.2, 0) is 14.9 Å². The van der Waals surface area contributed by atoms with Gasteiger partial charge >= 0.3 is 0 Å². The zero-order chi connectivity index (χ0) is 21.2. The van der Waals surface area contributed by atoms with E-state index < -0.39 is 0 Å². The normalized spacial score (nSPS) is 17.4. The second-order valence-electron chi connectivity index (χ2n) is 8.38. The summed E-state index contributed by atoms with van der Waals surface area (Å²) in [7, 11) is 0. The number of guanidine groups is 1. The average Bonchev–Trinajstić information content (AvgIpc) is 3.23. The summed E-state index contributed by atoms with van der Waals surface area (Å²) in [5.74, 6) is 3.14. The number of aliphatic imine (C=N–C) groups is 1. The van der Waals surface area contributed by atoms with E-state index >= 15 is 0 Å². The van der Waals surface area contributed by atoms with Gasteiger partial charge in [0.05, 0.1) is 13.2 Å². The first-order valence-electron chi connectivity index (χ1n) is 11.2. The molecule has 0 amide bonds. The molecular formula is C23H38IN3O4. The van der Waals surface area contributed by atoms with E-state index in [0.717, 1.165) is 69.6 Å². The van der Waals surface area contributed by atoms with E-state index in [9.17, 15) is 0 Å². The Morgan fingerprint density at radius 2 is 1.90 bits per heavy atom. The molecule has 2 aliphatic heterocycles. The maximum absolute atomic E-state index is 5.71. The number of benzene rings is 1. The van der Waals surface area contributed by atoms with Gasteiger partial charge in [-0.05, 0) is 49.8 Å². The molecule has 0 unspecified atom stereocenters. The lowest BCUT2D eigenvalue weighted by atomic mass is 9.74. The molecule has 2 aliphatic rings. The number of nitrogens with one attached hydrogen (secondary N) is 2. The molecule has 1 saturated heterocycles. The van der Waals surface area contributed by atoms with Crippen LogP contribution in [0.1, 0.15) is 45.6 Å². The first kappa shape index (κ1) is 26.0. The Labute approximate surface area is 203 Å². The third-order valence-corrected chi connectivity index (χ3v) is 5.70. The third kappa shape index (κ3) is 7.68. The Balaban J connectivity index is 0.00000341. The second kappa shape index (κ2) is 13.3. The van der Waals surface area contributed by atoms with Gasteiger partial charge in [0.15, 0.2) is 17.5 Å². The van der Waals surface area contributed by atoms with E-state index in [1.807, 2.05) is 6.07 Å². The topological polar surface area (TPSA) is 73.3 Å². The monoisotopic (exact) mass is 547 g/mol. The van der Waals surface area contributed by atoms with Gasteiger partial charge in [0.25, 0.3) is 0 Å². The SMILES string of the molecule is CCNC(=NCC1(c2ccc3c(c2)OCO3)CCOCC1)NCCOCCC(C)C.I. The molecule has 0 aromatic heterocycles. The lowest BCUT2D eigenvalue weighted by molar-refractivity contribution is 0.0530. The quantitative estimate of drug-likeness (QED) is 0.202. The van der Waals surface area contributed by atoms with E-state index in [0.29, 0.717) is 25.9 Å². The van der Waals surface area contributed by atoms with Gasteiger partial charge in [0, 0.05) is 38.3 Å². The first-order valence-corrected chi connectivity index (χ1v) is 11.2. The zero-order valence-electron chi connectivity index (χ0n) is 19.1. The van der Waals surface area contributed by atoms with E-state index in [1.165, 1.54) is 5.56 Å². The summed E-state index contributed by atoms with van der Waals surface area (Å²) in [6.45, 7) is 12.0. The van der Waals surface area contributed by atoms with Gasteiger partial charge in [-0.2, -0.15) is 0 Å². The van der Waals surface area contributed by atoms with Crippen LogP contribution < -0.4 is 20.1 Å². The van der Waals surface area contributed by atoms with Crippen molar-refractivity contribution >= 4 is 29.9 Å². The van der Waals surface area contributed by atoms with Gasteiger partial charge in [-0.1, -0.05) is 19.9 Å². The van der Waals surface area contributed by atoms with E-state index in [-0.39, 0.29) is 29.4 Å². The molecule has 0 atom stereocenters. The fourth-order valence-electron chi connectivity index (χ4n) is 3.76. The summed E-state index contributed by atoms with van der Waals surface area (Å²) in [4.78, 5) is 4.94. The van der Waals surface area contributed by atoms with Crippen molar-refractivity contribution in [3.8, 4) is 11.5 Å². The molecule has 1 fully saturated rings. The van der Waals surface area contributed by atoms with Crippen LogP contribution in [0.2, 0.25) is 0 Å². The summed E-state index contributed by atoms with van der Waals surface area (Å²) >= 11 is 0. The molecule has 176 valence electrons. The van der Waals surface area contributed by atoms with Crippen molar-refractivity contribution in [3.05, 3.63) is 23.8 Å². The first-order chi connectivity index (χ1) is 14.6. The Hall–Kier alpha value is -1.26. The summed E-state index contributed by atoms with van der Waals surface area (Å²) in [5, 5.41) is 6.75. The lowest BCUT2D eigenvalue weighted by Gasteiger charge is -2.36. The average molecular weight is 547 g/mol. The van der Waals surface area contributed by atoms with Crippen molar-refractivity contribution in [2.75, 3.05) is 52.9 Å². The molecule has 0 radical (unpaired) electrons. The van der Waals surface area contributed by atoms with Crippen molar-refractivity contribution in [1.29, 1.82) is 0 Å². The molecule has 2 N–H and O–H groups in total. The molecule has 7 nitrogen and oxygen atoms in total. The molecule has 8 heteroatoms. The number of rotatable bonds is 10. The van der Waals surface area contributed by atoms with Crippen molar-refractivity contribution < 1.29 is 18.9 Å². The second-order valence-corrected chi connectivity index (χ2v) is 8.38. The molecule has 0 bridgehead atoms. The fourth-order valence-corrected chi connectivity index (χ4v) is 3.76. The Morgan fingerprint density at radius 1 is 1.13 bits per heavy atom. The van der Waals surface area contributed by atoms with E-state index in [2.05, 4.69) is 43.5 Å². The van der Waals surface area contributed by atoms with Gasteiger partial charge in [0.1, 0.15) is 0 Å². The van der Waals surface area contributed by atoms with Gasteiger partial charge in [-0.25, -0.2) is 0 Å². The molecular weight excluding hydrogens is 509 g/mol. The highest BCUT2D eigenvalue weighted by atomic mass is 127. The summed E-state index contributed by atoms with van der Waals surface area (Å²) in [6.07, 6.45) is 2.97. The Bertz CT molecular complexity index is 693. The van der Waals surface area contributed by atoms with E-state index in [1.54, 1.807) is 0 Å². The summed E-state index contributed by atoms with van der Waals surface area (Å²) < 4.78 is 22.5. The summed E-state index contributed by atoms with van der Waals surface area (Å²) in [5.41, 5.74) is 1.18. The zero-order valence-corrected chi connectivity index (χ0v) is 21.4. The van der Waals surface area contributed by atoms with Gasteiger partial charge in [0.2, 0.25) is 6.79 Å². The largest absolute Gasteiger partial charge is 0.454 e. The van der Waals surface area contributed by atoms with Crippen molar-refractivity contribution in [3.63, 3.8) is 0 Å². The fraction of sp³-hybridized carbons (Fsp3) is 0.696. The van der Waals surface area contributed by atoms with Crippen LogP contribution in [0, 0.1) is 5.92 Å². The van der Waals surface area contributed by atoms with Gasteiger partial charge in [-0.3, -0.25) is 4.99 Å². The molecule has 0 spiro atoms. The van der Waals surface area contributed by atoms with Gasteiger partial charge in [-0.15, -0.1) is 24.0 Å². The molecule has 31 heavy (non-hydrogen) atoms. The van der Waals surface area contributed by atoms with Crippen LogP contribution in [0.15, 0.2) is 23.2 Å². The van der Waals surface area contributed by atoms with Crippen molar-refractivity contribution in [2.24, 2.45) is 10.9 Å². The van der Waals surface area contributed by atoms with Crippen molar-refractivity contribution in [2.45, 2.75) is 45.4 Å². The van der Waals surface area contributed by atoms with Gasteiger partial charge < -0.3 is 29.6 Å². The van der Waals surface area contributed by atoms with Crippen LogP contribution in [0.4, 0.5) is 0 Å². The van der Waals surface area contributed by atoms with Crippen molar-refractivity contribution in [1.82, 2.24) is 10.6 Å². The highest BCUT2D eigenvalue weighted by molar-refractivity contribution is 14.0. The summed E-state index contributed by atoms with van der Waals surface area (Å²) in [6, 6.07) is 6.28. The van der Waals surface area contributed by atoms with Crippen LogP contribution in [-0.4, -0.2) is 58.8 Å². The minimum atomic E-state index is -0.0602. The standard InChI is InChI=1S/C23H37N3O4.HI/c1-4-24-22(25-10-14-27-11-7-18(2)3)26-16-23(8-12-28-13-9-23)19-5-6-20-21(15-19)30-17-29-20;/h5-6,15,18H,4,7-14,16-17H2,1-3H3,(H2,24,25,26);1H. The molecule has 2 heterocycles. The third-order valence-electron chi connectivity index (χ3n) is 5.70. The van der Waals surface area contributed by atoms with E-state index in [4.69, 9.17) is 23.9 Å². The minimum absolute atomic E-state index is 0. The van der Waals surface area contributed by atoms with Crippen LogP contribution >= 0.6 is 24.0 Å². The smallest absolute Gasteiger partial charge is 0.231 e. The number of hydrogen-bond acceptors (Lipinski definition) is 5. The van der Waals surface area contributed by atoms with Crippen LogP contribution in [0.25, 0.3) is 0 Å². The molecule has 1 aromatic carbocycles. The Morgan fingerprint density at radius 3 is 2.65 bits per heavy atom. The Kier molecular flexibility index (Phi) is 11.2. The molecule has 1 aromatic rings. The highest BCUT2D eigenvalue weighted by Gasteiger charge is 2.35. The predicted octanol–water partition coefficient (Wildman–Crippen LogP) is 3.70. The number of nitrogens with zero attached hydrogens (tertiary/aromatic N) is 1. The number of hydrogen-bond donors (Lipinski definition) is 2. The molecule has 3 rings (SSSR count). The molecule has 0 aliphatic carbocycles. The number of fused-ring (bicyclic) bond motifs is 1. The van der Waals surface area contributed by atoms with Crippen LogP contribution in [0.3, 0.4) is 0 Å². The molecule has 0 saturated carbocycles. The lowest BCUT2D eigenvalue weighted by Crippen LogP contribution is -2.42. The minimum Gasteiger partial charge on any atom is -0.454 e. The van der Waals surface area contributed by atoms with Crippen LogP contribution in [0.5, 0.6) is 11.5 Å². The maximum Gasteiger partial charge on any atom is 0.231 e.